The SMILES string of the molecule is CCc1ccc(N=C2SC(CC(=O)Nc3ccccc3OC)C(=O)N2CCOC)cc1. The van der Waals surface area contributed by atoms with E-state index in [1.165, 1.54) is 17.3 Å². The quantitative estimate of drug-likeness (QED) is 0.639. The molecule has 2 aromatic rings. The monoisotopic (exact) mass is 441 g/mol. The molecule has 0 saturated carbocycles. The minimum Gasteiger partial charge on any atom is -0.495 e. The van der Waals surface area contributed by atoms with Gasteiger partial charge in [0.15, 0.2) is 5.17 Å². The van der Waals surface area contributed by atoms with Gasteiger partial charge in [0.1, 0.15) is 11.0 Å². The number of hydrogen-bond donors (Lipinski definition) is 1. The van der Waals surface area contributed by atoms with Crippen LogP contribution in [0.1, 0.15) is 18.9 Å². The van der Waals surface area contributed by atoms with E-state index in [0.717, 1.165) is 12.1 Å². The van der Waals surface area contributed by atoms with Crippen LogP contribution >= 0.6 is 11.8 Å². The number of hydrogen-bond acceptors (Lipinski definition) is 6. The lowest BCUT2D eigenvalue weighted by Crippen LogP contribution is -2.35. The number of carbonyl (C=O) groups is 2. The van der Waals surface area contributed by atoms with E-state index in [4.69, 9.17) is 9.47 Å². The molecule has 0 spiro atoms. The number of nitrogens with zero attached hydrogens (tertiary/aromatic N) is 2. The first-order valence-corrected chi connectivity index (χ1v) is 11.0. The Kier molecular flexibility index (Phi) is 8.08. The molecule has 3 rings (SSSR count). The molecule has 31 heavy (non-hydrogen) atoms. The van der Waals surface area contributed by atoms with Crippen molar-refractivity contribution in [3.63, 3.8) is 0 Å². The molecule has 1 saturated heterocycles. The second kappa shape index (κ2) is 11.0. The molecule has 0 bridgehead atoms. The van der Waals surface area contributed by atoms with E-state index in [1.54, 1.807) is 31.3 Å². The zero-order chi connectivity index (χ0) is 22.2. The summed E-state index contributed by atoms with van der Waals surface area (Å²) in [4.78, 5) is 31.9. The summed E-state index contributed by atoms with van der Waals surface area (Å²) in [6, 6.07) is 15.1. The van der Waals surface area contributed by atoms with Crippen molar-refractivity contribution in [2.24, 2.45) is 4.99 Å². The maximum atomic E-state index is 13.0. The van der Waals surface area contributed by atoms with Crippen molar-refractivity contribution in [1.29, 1.82) is 0 Å². The minimum absolute atomic E-state index is 0.0405. The Hall–Kier alpha value is -2.84. The van der Waals surface area contributed by atoms with Gasteiger partial charge in [-0.25, -0.2) is 4.99 Å². The molecule has 1 aliphatic heterocycles. The standard InChI is InChI=1S/C23H27N3O4S/c1-4-16-9-11-17(12-10-16)24-23-26(13-14-29-2)22(28)20(31-23)15-21(27)25-18-7-5-6-8-19(18)30-3/h5-12,20H,4,13-15H2,1-3H3,(H,25,27). The Morgan fingerprint density at radius 3 is 2.58 bits per heavy atom. The Morgan fingerprint density at radius 1 is 1.16 bits per heavy atom. The fourth-order valence-electron chi connectivity index (χ4n) is 3.15. The highest BCUT2D eigenvalue weighted by atomic mass is 32.2. The highest BCUT2D eigenvalue weighted by Crippen LogP contribution is 2.32. The second-order valence-electron chi connectivity index (χ2n) is 6.96. The number of amidine groups is 1. The summed E-state index contributed by atoms with van der Waals surface area (Å²) in [7, 11) is 3.14. The highest BCUT2D eigenvalue weighted by molar-refractivity contribution is 8.15. The molecule has 1 atom stereocenters. The fraction of sp³-hybridized carbons (Fsp3) is 0.348. The predicted molar refractivity (Wildman–Crippen MR) is 124 cm³/mol. The van der Waals surface area contributed by atoms with Crippen LogP contribution in [0.3, 0.4) is 0 Å². The molecular formula is C23H27N3O4S. The van der Waals surface area contributed by atoms with Crippen LogP contribution in [0.4, 0.5) is 11.4 Å². The van der Waals surface area contributed by atoms with Crippen LogP contribution in [-0.4, -0.2) is 54.5 Å². The van der Waals surface area contributed by atoms with E-state index in [2.05, 4.69) is 17.2 Å². The summed E-state index contributed by atoms with van der Waals surface area (Å²) >= 11 is 1.31. The predicted octanol–water partition coefficient (Wildman–Crippen LogP) is 3.86. The van der Waals surface area contributed by atoms with E-state index in [9.17, 15) is 9.59 Å². The molecule has 1 aliphatic rings. The summed E-state index contributed by atoms with van der Waals surface area (Å²) in [6.07, 6.45) is 0.992. The zero-order valence-electron chi connectivity index (χ0n) is 18.0. The van der Waals surface area contributed by atoms with E-state index >= 15 is 0 Å². The van der Waals surface area contributed by atoms with E-state index in [-0.39, 0.29) is 18.2 Å². The molecule has 164 valence electrons. The van der Waals surface area contributed by atoms with Gasteiger partial charge in [0.2, 0.25) is 11.8 Å². The Labute approximate surface area is 186 Å². The number of para-hydroxylation sites is 2. The third-order valence-electron chi connectivity index (χ3n) is 4.86. The molecule has 0 aliphatic carbocycles. The van der Waals surface area contributed by atoms with Crippen molar-refractivity contribution in [1.82, 2.24) is 4.90 Å². The number of amides is 2. The maximum Gasteiger partial charge on any atom is 0.242 e. The number of ether oxygens (including phenoxy) is 2. The van der Waals surface area contributed by atoms with E-state index in [1.807, 2.05) is 36.4 Å². The summed E-state index contributed by atoms with van der Waals surface area (Å²) in [5, 5.41) is 2.87. The normalized spacial score (nSPS) is 17.3. The number of aliphatic imine (C=N–C) groups is 1. The van der Waals surface area contributed by atoms with Crippen LogP contribution < -0.4 is 10.1 Å². The lowest BCUT2D eigenvalue weighted by atomic mass is 10.2. The van der Waals surface area contributed by atoms with Gasteiger partial charge in [-0.1, -0.05) is 43.0 Å². The van der Waals surface area contributed by atoms with Gasteiger partial charge >= 0.3 is 0 Å². The molecular weight excluding hydrogens is 414 g/mol. The number of benzene rings is 2. The van der Waals surface area contributed by atoms with Crippen molar-refractivity contribution in [2.75, 3.05) is 32.7 Å². The van der Waals surface area contributed by atoms with Gasteiger partial charge in [-0.05, 0) is 36.2 Å². The minimum atomic E-state index is -0.541. The van der Waals surface area contributed by atoms with Gasteiger partial charge < -0.3 is 14.8 Å². The van der Waals surface area contributed by atoms with E-state index in [0.29, 0.717) is 29.8 Å². The van der Waals surface area contributed by atoms with Crippen LogP contribution in [0.5, 0.6) is 5.75 Å². The van der Waals surface area contributed by atoms with Gasteiger partial charge in [0.25, 0.3) is 0 Å². The summed E-state index contributed by atoms with van der Waals surface area (Å²) in [5.74, 6) is 0.178. The maximum absolute atomic E-state index is 13.0. The lowest BCUT2D eigenvalue weighted by Gasteiger charge is -2.16. The highest BCUT2D eigenvalue weighted by Gasteiger charge is 2.39. The summed E-state index contributed by atoms with van der Waals surface area (Å²) in [6.45, 7) is 2.87. The molecule has 1 N–H and O–H groups in total. The van der Waals surface area contributed by atoms with Crippen LogP contribution in [0.25, 0.3) is 0 Å². The summed E-state index contributed by atoms with van der Waals surface area (Å²) < 4.78 is 10.4. The molecule has 1 fully saturated rings. The van der Waals surface area contributed by atoms with Crippen LogP contribution in [-0.2, 0) is 20.7 Å². The molecule has 1 unspecified atom stereocenters. The van der Waals surface area contributed by atoms with Crippen molar-refractivity contribution in [3.05, 3.63) is 54.1 Å². The van der Waals surface area contributed by atoms with Gasteiger partial charge in [0, 0.05) is 13.5 Å². The second-order valence-corrected chi connectivity index (χ2v) is 8.13. The average Bonchev–Trinajstić information content (AvgIpc) is 3.06. The number of thioether (sulfide) groups is 1. The van der Waals surface area contributed by atoms with Crippen molar-refractivity contribution < 1.29 is 19.1 Å². The lowest BCUT2D eigenvalue weighted by molar-refractivity contribution is -0.128. The third-order valence-corrected chi connectivity index (χ3v) is 6.04. The Balaban J connectivity index is 1.74. The summed E-state index contributed by atoms with van der Waals surface area (Å²) in [5.41, 5.74) is 2.57. The van der Waals surface area contributed by atoms with Crippen LogP contribution in [0.15, 0.2) is 53.5 Å². The first-order valence-electron chi connectivity index (χ1n) is 10.1. The van der Waals surface area contributed by atoms with E-state index < -0.39 is 5.25 Å². The van der Waals surface area contributed by atoms with Gasteiger partial charge in [-0.2, -0.15) is 0 Å². The van der Waals surface area contributed by atoms with Crippen molar-refractivity contribution in [3.8, 4) is 5.75 Å². The van der Waals surface area contributed by atoms with Crippen molar-refractivity contribution >= 4 is 40.1 Å². The van der Waals surface area contributed by atoms with Gasteiger partial charge in [0.05, 0.1) is 31.6 Å². The molecule has 7 nitrogen and oxygen atoms in total. The number of nitrogens with one attached hydrogen (secondary N) is 1. The molecule has 2 amide bonds. The topological polar surface area (TPSA) is 80.2 Å². The zero-order valence-corrected chi connectivity index (χ0v) is 18.8. The molecule has 1 heterocycles. The molecule has 0 radical (unpaired) electrons. The number of carbonyl (C=O) groups excluding carboxylic acids is 2. The number of anilines is 1. The third kappa shape index (κ3) is 5.86. The van der Waals surface area contributed by atoms with Crippen LogP contribution in [0, 0.1) is 0 Å². The molecule has 2 aromatic carbocycles. The van der Waals surface area contributed by atoms with Gasteiger partial charge in [-0.15, -0.1) is 0 Å². The van der Waals surface area contributed by atoms with Crippen LogP contribution in [0.2, 0.25) is 0 Å². The number of rotatable bonds is 9. The molecule has 8 heteroatoms. The number of aryl methyl sites for hydroxylation is 1. The Bertz CT molecular complexity index is 946. The van der Waals surface area contributed by atoms with Gasteiger partial charge in [-0.3, -0.25) is 14.5 Å². The fourth-order valence-corrected chi connectivity index (χ4v) is 4.33. The first kappa shape index (κ1) is 22.8. The average molecular weight is 442 g/mol. The number of methoxy groups -OCH3 is 2. The largest absolute Gasteiger partial charge is 0.495 e. The molecule has 0 aromatic heterocycles. The first-order chi connectivity index (χ1) is 15.0. The smallest absolute Gasteiger partial charge is 0.242 e. The Morgan fingerprint density at radius 2 is 1.90 bits per heavy atom. The van der Waals surface area contributed by atoms with Crippen molar-refractivity contribution in [2.45, 2.75) is 25.0 Å².